The van der Waals surface area contributed by atoms with Gasteiger partial charge in [-0.15, -0.1) is 0 Å². The van der Waals surface area contributed by atoms with Gasteiger partial charge in [0, 0.05) is 18.7 Å². The summed E-state index contributed by atoms with van der Waals surface area (Å²) in [6.45, 7) is 2.37. The molecule has 1 aromatic heterocycles. The first-order valence-electron chi connectivity index (χ1n) is 7.27. The Labute approximate surface area is 140 Å². The Kier molecular flexibility index (Phi) is 8.17. The molecule has 0 aliphatic rings. The van der Waals surface area contributed by atoms with Crippen LogP contribution in [0.1, 0.15) is 18.1 Å². The van der Waals surface area contributed by atoms with Gasteiger partial charge in [0.2, 0.25) is 18.2 Å². The van der Waals surface area contributed by atoms with Gasteiger partial charge in [-0.3, -0.25) is 10.2 Å². The number of ether oxygens (including phenoxy) is 1. The van der Waals surface area contributed by atoms with Gasteiger partial charge in [-0.25, -0.2) is 11.7 Å². The summed E-state index contributed by atoms with van der Waals surface area (Å²) in [5, 5.41) is 1.55. The lowest BCUT2D eigenvalue weighted by Gasteiger charge is -2.19. The Morgan fingerprint density at radius 2 is 2.00 bits per heavy atom. The lowest BCUT2D eigenvalue weighted by atomic mass is 10.0. The van der Waals surface area contributed by atoms with Crippen molar-refractivity contribution in [2.75, 3.05) is 12.1 Å². The van der Waals surface area contributed by atoms with Crippen molar-refractivity contribution in [1.29, 1.82) is 0 Å². The number of hydrazine groups is 2. The van der Waals surface area contributed by atoms with E-state index >= 15 is 0 Å². The normalized spacial score (nSPS) is 9.54. The fraction of sp³-hybridized carbons (Fsp3) is 0.250. The molecule has 0 unspecified atom stereocenters. The van der Waals surface area contributed by atoms with E-state index in [1.165, 1.54) is 6.07 Å². The summed E-state index contributed by atoms with van der Waals surface area (Å²) in [7, 11) is 1.78. The van der Waals surface area contributed by atoms with Crippen LogP contribution < -0.4 is 26.9 Å². The molecule has 130 valence electrons. The van der Waals surface area contributed by atoms with Gasteiger partial charge in [-0.2, -0.15) is 9.37 Å². The number of pyridine rings is 1. The van der Waals surface area contributed by atoms with E-state index in [1.807, 2.05) is 18.2 Å². The van der Waals surface area contributed by atoms with Crippen LogP contribution in [0.15, 0.2) is 36.4 Å². The second kappa shape index (κ2) is 10.1. The summed E-state index contributed by atoms with van der Waals surface area (Å²) in [4.78, 5) is 12.6. The third kappa shape index (κ3) is 5.82. The number of carbonyl (C=O) groups is 1. The number of nitrogens with two attached hydrogens (primary N) is 2. The van der Waals surface area contributed by atoms with Gasteiger partial charge in [0.1, 0.15) is 6.61 Å². The number of hydrogen-bond donors (Lipinski definition) is 3. The molecule has 5 N–H and O–H groups in total. The molecule has 2 rings (SSSR count). The van der Waals surface area contributed by atoms with E-state index < -0.39 is 5.95 Å². The summed E-state index contributed by atoms with van der Waals surface area (Å²) in [6, 6.07) is 10.4. The molecule has 24 heavy (non-hydrogen) atoms. The van der Waals surface area contributed by atoms with Crippen molar-refractivity contribution in [2.45, 2.75) is 20.0 Å². The maximum atomic E-state index is 13.0. The monoisotopic (exact) mass is 335 g/mol. The number of anilines is 1. The number of aryl methyl sites for hydroxylation is 1. The van der Waals surface area contributed by atoms with Gasteiger partial charge in [0.25, 0.3) is 0 Å². The van der Waals surface area contributed by atoms with Gasteiger partial charge in [-0.1, -0.05) is 25.1 Å². The van der Waals surface area contributed by atoms with E-state index in [9.17, 15) is 4.39 Å². The van der Waals surface area contributed by atoms with E-state index in [0.29, 0.717) is 13.0 Å². The second-order valence-electron chi connectivity index (χ2n) is 4.75. The number of benzene rings is 1. The van der Waals surface area contributed by atoms with E-state index in [-0.39, 0.29) is 5.88 Å². The Bertz CT molecular complexity index is 652. The zero-order chi connectivity index (χ0) is 17.9. The van der Waals surface area contributed by atoms with Gasteiger partial charge >= 0.3 is 0 Å². The zero-order valence-corrected chi connectivity index (χ0v) is 13.7. The van der Waals surface area contributed by atoms with Crippen LogP contribution in [0.3, 0.4) is 0 Å². The van der Waals surface area contributed by atoms with Gasteiger partial charge in [-0.05, 0) is 24.1 Å². The lowest BCUT2D eigenvalue weighted by molar-refractivity contribution is -0.109. The van der Waals surface area contributed by atoms with Crippen LogP contribution in [0.4, 0.5) is 10.1 Å². The highest BCUT2D eigenvalue weighted by atomic mass is 19.1. The molecule has 1 amide bonds. The van der Waals surface area contributed by atoms with Crippen LogP contribution in [0.25, 0.3) is 0 Å². The Balaban J connectivity index is 0.000000648. The molecule has 0 radical (unpaired) electrons. The smallest absolute Gasteiger partial charge is 0.221 e. The molecule has 0 aliphatic heterocycles. The maximum absolute atomic E-state index is 13.0. The Morgan fingerprint density at radius 1 is 1.33 bits per heavy atom. The molecule has 0 spiro atoms. The molecule has 2 aromatic rings. The van der Waals surface area contributed by atoms with Crippen LogP contribution in [-0.2, 0) is 17.8 Å². The first-order valence-corrected chi connectivity index (χ1v) is 7.27. The van der Waals surface area contributed by atoms with Gasteiger partial charge in [0.05, 0.1) is 5.69 Å². The van der Waals surface area contributed by atoms with E-state index in [2.05, 4.69) is 17.8 Å². The summed E-state index contributed by atoms with van der Waals surface area (Å²) in [6.07, 6.45) is 1.27. The number of carbonyl (C=O) groups excluding carboxylic acids is 1. The summed E-state index contributed by atoms with van der Waals surface area (Å²) >= 11 is 0. The molecular formula is C16H22FN5O2. The topological polar surface area (TPSA) is 106 Å². The van der Waals surface area contributed by atoms with Crippen molar-refractivity contribution < 1.29 is 13.9 Å². The number of aromatic nitrogens is 1. The minimum atomic E-state index is -0.553. The lowest BCUT2D eigenvalue weighted by Crippen LogP contribution is -2.27. The fourth-order valence-electron chi connectivity index (χ4n) is 2.07. The molecule has 8 heteroatoms. The number of nitrogens with zero attached hydrogens (tertiary/aromatic N) is 2. The SMILES string of the molecule is CCc1cccc(N(C)N)c1COc1cccc(F)n1.NNC=O. The standard InChI is InChI=1S/C15H18FN3O.CH4N2O/c1-3-11-6-4-7-13(19(2)17)12(11)10-20-15-9-5-8-14(16)18-15;2-3-1-4/h4-9H,3,10,17H2,1-2H3;1H,2H2,(H,3,4). The molecule has 0 aliphatic carbocycles. The fourth-order valence-corrected chi connectivity index (χ4v) is 2.07. The highest BCUT2D eigenvalue weighted by molar-refractivity contribution is 5.55. The summed E-state index contributed by atoms with van der Waals surface area (Å²) in [5.74, 6) is 9.96. The van der Waals surface area contributed by atoms with Gasteiger partial charge in [0.15, 0.2) is 0 Å². The number of amides is 1. The molecule has 0 bridgehead atoms. The highest BCUT2D eigenvalue weighted by Gasteiger charge is 2.10. The second-order valence-corrected chi connectivity index (χ2v) is 4.75. The molecule has 0 saturated heterocycles. The largest absolute Gasteiger partial charge is 0.473 e. The predicted octanol–water partition coefficient (Wildman–Crippen LogP) is 1.28. The highest BCUT2D eigenvalue weighted by Crippen LogP contribution is 2.24. The molecule has 0 fully saturated rings. The van der Waals surface area contributed by atoms with Crippen molar-refractivity contribution >= 4 is 12.1 Å². The number of rotatable bonds is 6. The van der Waals surface area contributed by atoms with Crippen molar-refractivity contribution in [3.05, 3.63) is 53.5 Å². The van der Waals surface area contributed by atoms with Crippen LogP contribution in [-0.4, -0.2) is 18.4 Å². The molecule has 0 saturated carbocycles. The summed E-state index contributed by atoms with van der Waals surface area (Å²) < 4.78 is 18.6. The Hall–Kier alpha value is -2.71. The molecule has 1 heterocycles. The van der Waals surface area contributed by atoms with Crippen LogP contribution in [0.2, 0.25) is 0 Å². The molecule has 0 atom stereocenters. The van der Waals surface area contributed by atoms with Crippen LogP contribution >= 0.6 is 0 Å². The first kappa shape index (κ1) is 19.3. The molecule has 7 nitrogen and oxygen atoms in total. The average molecular weight is 335 g/mol. The number of halogens is 1. The third-order valence-electron chi connectivity index (χ3n) is 3.13. The number of nitrogens with one attached hydrogen (secondary N) is 1. The maximum Gasteiger partial charge on any atom is 0.221 e. The molecule has 1 aromatic carbocycles. The van der Waals surface area contributed by atoms with Crippen molar-refractivity contribution in [2.24, 2.45) is 11.7 Å². The average Bonchev–Trinajstić information content (AvgIpc) is 2.59. The summed E-state index contributed by atoms with van der Waals surface area (Å²) in [5.41, 5.74) is 4.78. The van der Waals surface area contributed by atoms with Crippen molar-refractivity contribution in [3.8, 4) is 5.88 Å². The number of hydrogen-bond acceptors (Lipinski definition) is 6. The van der Waals surface area contributed by atoms with E-state index in [0.717, 1.165) is 23.2 Å². The van der Waals surface area contributed by atoms with Crippen LogP contribution in [0, 0.1) is 5.95 Å². The third-order valence-corrected chi connectivity index (χ3v) is 3.13. The van der Waals surface area contributed by atoms with E-state index in [1.54, 1.807) is 29.6 Å². The predicted molar refractivity (Wildman–Crippen MR) is 90.3 cm³/mol. The minimum absolute atomic E-state index is 0.265. The minimum Gasteiger partial charge on any atom is -0.473 e. The quantitative estimate of drug-likeness (QED) is 0.241. The van der Waals surface area contributed by atoms with Crippen molar-refractivity contribution in [3.63, 3.8) is 0 Å². The Morgan fingerprint density at radius 3 is 2.54 bits per heavy atom. The first-order chi connectivity index (χ1) is 11.5. The van der Waals surface area contributed by atoms with Crippen LogP contribution in [0.5, 0.6) is 5.88 Å². The molecular weight excluding hydrogens is 313 g/mol. The van der Waals surface area contributed by atoms with Crippen molar-refractivity contribution in [1.82, 2.24) is 10.4 Å². The zero-order valence-electron chi connectivity index (χ0n) is 13.7. The van der Waals surface area contributed by atoms with E-state index in [4.69, 9.17) is 15.4 Å². The van der Waals surface area contributed by atoms with Gasteiger partial charge < -0.3 is 9.75 Å².